The molecule has 2 saturated carbocycles. The van der Waals surface area contributed by atoms with Crippen molar-refractivity contribution in [1.82, 2.24) is 0 Å². The average molecular weight is 289 g/mol. The number of alkyl halides is 1. The predicted molar refractivity (Wildman–Crippen MR) is 66.9 cm³/mol. The van der Waals surface area contributed by atoms with Crippen LogP contribution in [0.2, 0.25) is 0 Å². The molecular formula is C13H21BrO2. The van der Waals surface area contributed by atoms with E-state index in [1.54, 1.807) is 0 Å². The Balaban J connectivity index is 1.58. The zero-order valence-corrected chi connectivity index (χ0v) is 11.4. The first-order chi connectivity index (χ1) is 7.81. The molecule has 2 aliphatic carbocycles. The Bertz CT molecular complexity index is 244. The third kappa shape index (κ3) is 1.85. The highest BCUT2D eigenvalue weighted by Gasteiger charge is 2.56. The lowest BCUT2D eigenvalue weighted by Gasteiger charge is -2.52. The maximum atomic E-state index is 6.33. The zero-order valence-electron chi connectivity index (χ0n) is 9.79. The molecule has 0 bridgehead atoms. The molecule has 1 heterocycles. The fourth-order valence-electron chi connectivity index (χ4n) is 3.60. The molecule has 1 aliphatic heterocycles. The predicted octanol–water partition coefficient (Wildman–Crippen LogP) is 3.28. The average Bonchev–Trinajstić information content (AvgIpc) is 2.82. The first-order valence-electron chi connectivity index (χ1n) is 6.68. The van der Waals surface area contributed by atoms with Gasteiger partial charge in [-0.3, -0.25) is 0 Å². The van der Waals surface area contributed by atoms with Gasteiger partial charge in [0.1, 0.15) is 0 Å². The van der Waals surface area contributed by atoms with Crippen LogP contribution in [0.15, 0.2) is 0 Å². The van der Waals surface area contributed by atoms with Gasteiger partial charge in [0.15, 0.2) is 0 Å². The van der Waals surface area contributed by atoms with Gasteiger partial charge in [-0.05, 0) is 32.1 Å². The van der Waals surface area contributed by atoms with Gasteiger partial charge in [0.25, 0.3) is 0 Å². The minimum atomic E-state index is 0.469. The van der Waals surface area contributed by atoms with E-state index in [0.29, 0.717) is 22.5 Å². The Hall–Kier alpha value is 0.400. The summed E-state index contributed by atoms with van der Waals surface area (Å²) in [6.07, 6.45) is 9.95. The summed E-state index contributed by atoms with van der Waals surface area (Å²) in [6, 6.07) is 0. The summed E-state index contributed by atoms with van der Waals surface area (Å²) in [5, 5.41) is 0. The third-order valence-corrected chi connectivity index (χ3v) is 6.03. The van der Waals surface area contributed by atoms with E-state index in [1.165, 1.54) is 32.1 Å². The van der Waals surface area contributed by atoms with Crippen LogP contribution in [-0.2, 0) is 9.47 Å². The summed E-state index contributed by atoms with van der Waals surface area (Å²) < 4.78 is 11.7. The van der Waals surface area contributed by atoms with Crippen molar-refractivity contribution < 1.29 is 9.47 Å². The van der Waals surface area contributed by atoms with Crippen molar-refractivity contribution in [2.75, 3.05) is 13.2 Å². The fourth-order valence-corrected chi connectivity index (χ4v) is 4.69. The normalized spacial score (nSPS) is 38.8. The second kappa shape index (κ2) is 4.58. The molecule has 0 amide bonds. The zero-order chi connectivity index (χ0) is 11.0. The summed E-state index contributed by atoms with van der Waals surface area (Å²) in [5.41, 5.74) is 0.498. The van der Waals surface area contributed by atoms with Gasteiger partial charge in [-0.25, -0.2) is 0 Å². The largest absolute Gasteiger partial charge is 0.381 e. The van der Waals surface area contributed by atoms with E-state index in [4.69, 9.17) is 9.47 Å². The SMILES string of the molecule is BrC1CC(OC2CCOCC2)C12CCCC2. The smallest absolute Gasteiger partial charge is 0.0656 e. The number of hydrogen-bond acceptors (Lipinski definition) is 2. The van der Waals surface area contributed by atoms with Gasteiger partial charge in [-0.2, -0.15) is 0 Å². The Kier molecular flexibility index (Phi) is 3.29. The van der Waals surface area contributed by atoms with E-state index >= 15 is 0 Å². The van der Waals surface area contributed by atoms with Crippen molar-refractivity contribution in [2.24, 2.45) is 5.41 Å². The molecule has 0 aromatic carbocycles. The second-order valence-corrected chi connectivity index (χ2v) is 6.69. The lowest BCUT2D eigenvalue weighted by atomic mass is 9.64. The van der Waals surface area contributed by atoms with Crippen LogP contribution in [0.25, 0.3) is 0 Å². The Labute approximate surface area is 106 Å². The van der Waals surface area contributed by atoms with Gasteiger partial charge in [-0.1, -0.05) is 28.8 Å². The highest BCUT2D eigenvalue weighted by molar-refractivity contribution is 9.09. The van der Waals surface area contributed by atoms with E-state index in [0.717, 1.165) is 26.1 Å². The van der Waals surface area contributed by atoms with Crippen LogP contribution >= 0.6 is 15.9 Å². The van der Waals surface area contributed by atoms with Crippen LogP contribution in [0, 0.1) is 5.41 Å². The summed E-state index contributed by atoms with van der Waals surface area (Å²) >= 11 is 3.84. The highest BCUT2D eigenvalue weighted by Crippen LogP contribution is 2.58. The number of halogens is 1. The van der Waals surface area contributed by atoms with Crippen LogP contribution in [0.4, 0.5) is 0 Å². The van der Waals surface area contributed by atoms with Crippen LogP contribution in [-0.4, -0.2) is 30.2 Å². The van der Waals surface area contributed by atoms with E-state index in [-0.39, 0.29) is 0 Å². The summed E-state index contributed by atoms with van der Waals surface area (Å²) in [7, 11) is 0. The van der Waals surface area contributed by atoms with Crippen molar-refractivity contribution in [3.05, 3.63) is 0 Å². The fraction of sp³-hybridized carbons (Fsp3) is 1.00. The van der Waals surface area contributed by atoms with Crippen LogP contribution < -0.4 is 0 Å². The quantitative estimate of drug-likeness (QED) is 0.726. The molecule has 2 unspecified atom stereocenters. The Morgan fingerprint density at radius 1 is 1.12 bits per heavy atom. The summed E-state index contributed by atoms with van der Waals surface area (Å²) in [4.78, 5) is 0.715. The van der Waals surface area contributed by atoms with Crippen molar-refractivity contribution in [3.8, 4) is 0 Å². The molecule has 0 aromatic rings. The molecule has 0 radical (unpaired) electrons. The molecule has 2 atom stereocenters. The number of ether oxygens (including phenoxy) is 2. The molecule has 16 heavy (non-hydrogen) atoms. The van der Waals surface area contributed by atoms with Gasteiger partial charge in [0.05, 0.1) is 12.2 Å². The molecule has 2 nitrogen and oxygen atoms in total. The van der Waals surface area contributed by atoms with Crippen LogP contribution in [0.1, 0.15) is 44.9 Å². The maximum absolute atomic E-state index is 6.33. The van der Waals surface area contributed by atoms with Gasteiger partial charge < -0.3 is 9.47 Å². The topological polar surface area (TPSA) is 18.5 Å². The minimum absolute atomic E-state index is 0.469. The van der Waals surface area contributed by atoms with E-state index in [2.05, 4.69) is 15.9 Å². The lowest BCUT2D eigenvalue weighted by molar-refractivity contribution is -0.153. The molecule has 1 saturated heterocycles. The molecule has 1 spiro atoms. The first kappa shape index (κ1) is 11.5. The molecular weight excluding hydrogens is 268 g/mol. The third-order valence-electron chi connectivity index (χ3n) is 4.75. The first-order valence-corrected chi connectivity index (χ1v) is 7.60. The molecule has 3 fully saturated rings. The van der Waals surface area contributed by atoms with Crippen LogP contribution in [0.3, 0.4) is 0 Å². The van der Waals surface area contributed by atoms with Crippen LogP contribution in [0.5, 0.6) is 0 Å². The molecule has 3 rings (SSSR count). The van der Waals surface area contributed by atoms with Crippen molar-refractivity contribution >= 4 is 15.9 Å². The second-order valence-electron chi connectivity index (χ2n) is 5.58. The van der Waals surface area contributed by atoms with Gasteiger partial charge >= 0.3 is 0 Å². The Morgan fingerprint density at radius 2 is 1.81 bits per heavy atom. The number of rotatable bonds is 2. The molecule has 0 N–H and O–H groups in total. The van der Waals surface area contributed by atoms with Crippen molar-refractivity contribution in [1.29, 1.82) is 0 Å². The minimum Gasteiger partial charge on any atom is -0.381 e. The maximum Gasteiger partial charge on any atom is 0.0656 e. The number of hydrogen-bond donors (Lipinski definition) is 0. The van der Waals surface area contributed by atoms with Gasteiger partial charge in [-0.15, -0.1) is 0 Å². The summed E-state index contributed by atoms with van der Waals surface area (Å²) in [6.45, 7) is 1.78. The Morgan fingerprint density at radius 3 is 2.44 bits per heavy atom. The molecule has 3 aliphatic rings. The van der Waals surface area contributed by atoms with E-state index < -0.39 is 0 Å². The van der Waals surface area contributed by atoms with Crippen molar-refractivity contribution in [3.63, 3.8) is 0 Å². The standard InChI is InChI=1S/C13H21BrO2/c14-11-9-12(13(11)5-1-2-6-13)16-10-3-7-15-8-4-10/h10-12H,1-9H2. The van der Waals surface area contributed by atoms with Gasteiger partial charge in [0.2, 0.25) is 0 Å². The summed E-state index contributed by atoms with van der Waals surface area (Å²) in [5.74, 6) is 0. The van der Waals surface area contributed by atoms with Gasteiger partial charge in [0, 0.05) is 23.5 Å². The highest BCUT2D eigenvalue weighted by atomic mass is 79.9. The van der Waals surface area contributed by atoms with E-state index in [9.17, 15) is 0 Å². The molecule has 0 aromatic heterocycles. The lowest BCUT2D eigenvalue weighted by Crippen LogP contribution is -2.55. The molecule has 92 valence electrons. The molecule has 3 heteroatoms. The monoisotopic (exact) mass is 288 g/mol. The van der Waals surface area contributed by atoms with E-state index in [1.807, 2.05) is 0 Å². The van der Waals surface area contributed by atoms with Crippen molar-refractivity contribution in [2.45, 2.75) is 62.0 Å².